The second kappa shape index (κ2) is 9.33. The average molecular weight is 439 g/mol. The fraction of sp³-hybridized carbons (Fsp3) is 0.462. The number of carboxylic acids is 1. The van der Waals surface area contributed by atoms with E-state index in [1.54, 1.807) is 0 Å². The predicted octanol–water partition coefficient (Wildman–Crippen LogP) is 4.50. The third-order valence-electron chi connectivity index (χ3n) is 5.72. The van der Waals surface area contributed by atoms with Gasteiger partial charge in [-0.2, -0.15) is 0 Å². The number of anilines is 1. The number of carboxylic acid groups (broad SMARTS) is 1. The van der Waals surface area contributed by atoms with Crippen LogP contribution >= 0.6 is 0 Å². The maximum Gasteiger partial charge on any atom is 0.326 e. The first kappa shape index (κ1) is 23.8. The Morgan fingerprint density at radius 1 is 1.06 bits per heavy atom. The number of benzene rings is 2. The highest BCUT2D eigenvalue weighted by Gasteiger charge is 2.55. The number of carbonyl (C=O) groups is 2. The lowest BCUT2D eigenvalue weighted by Gasteiger charge is -2.31. The van der Waals surface area contributed by atoms with E-state index in [4.69, 9.17) is 4.74 Å². The molecule has 0 saturated carbocycles. The number of hydrogen-bond donors (Lipinski definition) is 1. The third-order valence-corrected chi connectivity index (χ3v) is 5.72. The van der Waals surface area contributed by atoms with Crippen LogP contribution in [0.15, 0.2) is 54.6 Å². The summed E-state index contributed by atoms with van der Waals surface area (Å²) >= 11 is 0. The number of carbonyl (C=O) groups excluding carboxylic acids is 1. The summed E-state index contributed by atoms with van der Waals surface area (Å²) in [7, 11) is 1.81. The minimum Gasteiger partial charge on any atom is -0.480 e. The van der Waals surface area contributed by atoms with Crippen molar-refractivity contribution in [2.75, 3.05) is 11.9 Å². The second-order valence-electron chi connectivity index (χ2n) is 9.78. The van der Waals surface area contributed by atoms with E-state index in [1.165, 1.54) is 0 Å². The molecule has 172 valence electrons. The van der Waals surface area contributed by atoms with Gasteiger partial charge in [0.05, 0.1) is 6.04 Å². The molecule has 1 aliphatic heterocycles. The average Bonchev–Trinajstić information content (AvgIpc) is 3.40. The highest BCUT2D eigenvalue weighted by atomic mass is 16.6. The van der Waals surface area contributed by atoms with Crippen LogP contribution in [0.2, 0.25) is 0 Å². The zero-order valence-electron chi connectivity index (χ0n) is 19.8. The molecule has 1 unspecified atom stereocenters. The molecule has 1 saturated heterocycles. The Kier molecular flexibility index (Phi) is 6.94. The normalized spacial score (nSPS) is 21.2. The minimum atomic E-state index is -0.863. The van der Waals surface area contributed by atoms with Crippen LogP contribution in [0, 0.1) is 5.92 Å². The molecule has 6 nitrogen and oxygen atoms in total. The van der Waals surface area contributed by atoms with E-state index in [2.05, 4.69) is 4.90 Å². The molecular formula is C26H34N2O4. The van der Waals surface area contributed by atoms with E-state index in [1.807, 2.05) is 101 Å². The van der Waals surface area contributed by atoms with E-state index in [-0.39, 0.29) is 17.9 Å². The Morgan fingerprint density at radius 2 is 1.66 bits per heavy atom. The largest absolute Gasteiger partial charge is 0.480 e. The Hall–Kier alpha value is -2.86. The lowest BCUT2D eigenvalue weighted by Crippen LogP contribution is -2.43. The summed E-state index contributed by atoms with van der Waals surface area (Å²) in [5, 5.41) is 9.81. The van der Waals surface area contributed by atoms with Crippen LogP contribution in [0.5, 0.6) is 0 Å². The number of hydrogen-bond acceptors (Lipinski definition) is 5. The lowest BCUT2D eigenvalue weighted by atomic mass is 10.00. The van der Waals surface area contributed by atoms with Gasteiger partial charge in [-0.1, -0.05) is 62.4 Å². The number of para-hydroxylation sites is 1. The van der Waals surface area contributed by atoms with Gasteiger partial charge in [-0.05, 0) is 43.9 Å². The molecule has 4 atom stereocenters. The Morgan fingerprint density at radius 3 is 2.22 bits per heavy atom. The molecule has 0 spiro atoms. The number of rotatable bonds is 8. The van der Waals surface area contributed by atoms with Crippen LogP contribution in [-0.2, 0) is 20.9 Å². The molecule has 0 amide bonds. The SMILES string of the molecule is CC(C)[C@@H](C(=O)O)N(C)c1ccccc1[C@H]1[C@@H](C(=O)OC(C)(C)C)N1Cc1ccccc1. The van der Waals surface area contributed by atoms with Crippen molar-refractivity contribution < 1.29 is 19.4 Å². The number of likely N-dealkylation sites (N-methyl/N-ethyl adjacent to an activating group) is 1. The Labute approximate surface area is 190 Å². The fourth-order valence-electron chi connectivity index (χ4n) is 4.35. The summed E-state index contributed by atoms with van der Waals surface area (Å²) in [4.78, 5) is 29.0. The number of esters is 1. The van der Waals surface area contributed by atoms with Gasteiger partial charge in [-0.25, -0.2) is 4.79 Å². The summed E-state index contributed by atoms with van der Waals surface area (Å²) in [6, 6.07) is 16.5. The quantitative estimate of drug-likeness (QED) is 0.483. The van der Waals surface area contributed by atoms with E-state index in [0.717, 1.165) is 16.8 Å². The summed E-state index contributed by atoms with van der Waals surface area (Å²) in [5.74, 6) is -1.20. The van der Waals surface area contributed by atoms with Gasteiger partial charge >= 0.3 is 11.9 Å². The molecule has 1 N–H and O–H groups in total. The molecule has 2 aromatic carbocycles. The molecule has 2 aromatic rings. The van der Waals surface area contributed by atoms with Crippen molar-refractivity contribution in [2.24, 2.45) is 5.92 Å². The summed E-state index contributed by atoms with van der Waals surface area (Å²) in [6.07, 6.45) is 0. The molecule has 1 heterocycles. The molecule has 0 aromatic heterocycles. The molecule has 32 heavy (non-hydrogen) atoms. The van der Waals surface area contributed by atoms with Gasteiger partial charge in [0.1, 0.15) is 17.7 Å². The van der Waals surface area contributed by atoms with Crippen molar-refractivity contribution in [3.05, 3.63) is 65.7 Å². The van der Waals surface area contributed by atoms with Crippen LogP contribution in [0.3, 0.4) is 0 Å². The first-order chi connectivity index (χ1) is 15.0. The standard InChI is InChI=1S/C26H34N2O4/c1-17(2)21(24(29)30)27(6)20-15-11-10-14-19(20)22-23(25(31)32-26(3,4)5)28(22)16-18-12-8-7-9-13-18/h7-15,17,21-23H,16H2,1-6H3,(H,29,30)/t21-,22-,23-,28?/m0/s1. The van der Waals surface area contributed by atoms with Gasteiger partial charge < -0.3 is 14.7 Å². The first-order valence-corrected chi connectivity index (χ1v) is 11.1. The molecule has 0 aliphatic carbocycles. The zero-order valence-corrected chi connectivity index (χ0v) is 19.8. The lowest BCUT2D eigenvalue weighted by molar-refractivity contribution is -0.155. The van der Waals surface area contributed by atoms with E-state index in [0.29, 0.717) is 6.54 Å². The van der Waals surface area contributed by atoms with E-state index >= 15 is 0 Å². The topological polar surface area (TPSA) is 69.9 Å². The van der Waals surface area contributed by atoms with Crippen molar-refractivity contribution in [1.29, 1.82) is 0 Å². The van der Waals surface area contributed by atoms with Crippen molar-refractivity contribution >= 4 is 17.6 Å². The summed E-state index contributed by atoms with van der Waals surface area (Å²) < 4.78 is 5.72. The van der Waals surface area contributed by atoms with E-state index < -0.39 is 23.7 Å². The van der Waals surface area contributed by atoms with Crippen LogP contribution in [0.4, 0.5) is 5.69 Å². The molecule has 1 aliphatic rings. The fourth-order valence-corrected chi connectivity index (χ4v) is 4.35. The molecule has 6 heteroatoms. The smallest absolute Gasteiger partial charge is 0.326 e. The van der Waals surface area contributed by atoms with Crippen LogP contribution in [-0.4, -0.2) is 46.7 Å². The summed E-state index contributed by atoms with van der Waals surface area (Å²) in [5.41, 5.74) is 2.29. The van der Waals surface area contributed by atoms with Crippen molar-refractivity contribution in [1.82, 2.24) is 4.90 Å². The number of nitrogens with zero attached hydrogens (tertiary/aromatic N) is 2. The highest BCUT2D eigenvalue weighted by molar-refractivity contribution is 5.83. The molecule has 0 radical (unpaired) electrons. The minimum absolute atomic E-state index is 0.0770. The Balaban J connectivity index is 1.96. The van der Waals surface area contributed by atoms with Gasteiger partial charge in [0.2, 0.25) is 0 Å². The maximum absolute atomic E-state index is 13.1. The predicted molar refractivity (Wildman–Crippen MR) is 125 cm³/mol. The van der Waals surface area contributed by atoms with Gasteiger partial charge in [0, 0.05) is 19.3 Å². The van der Waals surface area contributed by atoms with Crippen molar-refractivity contribution in [3.8, 4) is 0 Å². The van der Waals surface area contributed by atoms with Crippen LogP contribution in [0.1, 0.15) is 51.8 Å². The monoisotopic (exact) mass is 438 g/mol. The van der Waals surface area contributed by atoms with Crippen molar-refractivity contribution in [2.45, 2.75) is 64.9 Å². The van der Waals surface area contributed by atoms with Gasteiger partial charge in [0.25, 0.3) is 0 Å². The number of aliphatic carboxylic acids is 1. The van der Waals surface area contributed by atoms with Gasteiger partial charge in [-0.3, -0.25) is 9.69 Å². The zero-order chi connectivity index (χ0) is 23.6. The van der Waals surface area contributed by atoms with E-state index in [9.17, 15) is 14.7 Å². The maximum atomic E-state index is 13.1. The highest BCUT2D eigenvalue weighted by Crippen LogP contribution is 2.48. The molecular weight excluding hydrogens is 404 g/mol. The van der Waals surface area contributed by atoms with Gasteiger partial charge in [0.15, 0.2) is 0 Å². The molecule has 0 bridgehead atoms. The number of ether oxygens (including phenoxy) is 1. The van der Waals surface area contributed by atoms with Crippen LogP contribution in [0.25, 0.3) is 0 Å². The second-order valence-corrected chi connectivity index (χ2v) is 9.78. The molecule has 3 rings (SSSR count). The Bertz CT molecular complexity index is 952. The van der Waals surface area contributed by atoms with Crippen molar-refractivity contribution in [3.63, 3.8) is 0 Å². The summed E-state index contributed by atoms with van der Waals surface area (Å²) in [6.45, 7) is 10.0. The third kappa shape index (κ3) is 5.30. The van der Waals surface area contributed by atoms with Crippen LogP contribution < -0.4 is 4.90 Å². The van der Waals surface area contributed by atoms with Gasteiger partial charge in [-0.15, -0.1) is 0 Å². The molecule has 1 fully saturated rings. The first-order valence-electron chi connectivity index (χ1n) is 11.1.